The highest BCUT2D eigenvalue weighted by Crippen LogP contribution is 2.16. The van der Waals surface area contributed by atoms with Crippen molar-refractivity contribution in [1.82, 2.24) is 15.0 Å². The van der Waals surface area contributed by atoms with Crippen molar-refractivity contribution in [3.8, 4) is 0 Å². The quantitative estimate of drug-likeness (QED) is 0.719. The van der Waals surface area contributed by atoms with Crippen LogP contribution in [0.3, 0.4) is 0 Å². The number of anilines is 1. The molecule has 0 aliphatic heterocycles. The highest BCUT2D eigenvalue weighted by Gasteiger charge is 2.04. The number of aromatic nitrogens is 3. The van der Waals surface area contributed by atoms with Crippen LogP contribution in [0.15, 0.2) is 48.8 Å². The molecule has 0 saturated carbocycles. The van der Waals surface area contributed by atoms with Crippen LogP contribution in [-0.2, 0) is 6.54 Å². The predicted octanol–water partition coefficient (Wildman–Crippen LogP) is 2.27. The zero-order valence-electron chi connectivity index (χ0n) is 11.2. The molecule has 5 nitrogen and oxygen atoms in total. The van der Waals surface area contributed by atoms with Gasteiger partial charge in [-0.2, -0.15) is 0 Å². The topological polar surface area (TPSA) is 76.7 Å². The first-order valence-corrected chi connectivity index (χ1v) is 6.84. The molecule has 0 unspecified atom stereocenters. The van der Waals surface area contributed by atoms with Crippen LogP contribution in [0.1, 0.15) is 11.3 Å². The Bertz CT molecular complexity index is 797. The molecule has 0 aliphatic rings. The van der Waals surface area contributed by atoms with E-state index >= 15 is 0 Å². The maximum atomic E-state index is 5.57. The van der Waals surface area contributed by atoms with E-state index < -0.39 is 0 Å². The van der Waals surface area contributed by atoms with Crippen molar-refractivity contribution in [3.63, 3.8) is 0 Å². The molecule has 0 bridgehead atoms. The van der Waals surface area contributed by atoms with Gasteiger partial charge in [0.1, 0.15) is 10.7 Å². The van der Waals surface area contributed by atoms with E-state index in [1.807, 2.05) is 30.3 Å². The van der Waals surface area contributed by atoms with Crippen molar-refractivity contribution < 1.29 is 0 Å². The molecular weight excluding hydrogens is 282 g/mol. The second kappa shape index (κ2) is 5.80. The normalized spacial score (nSPS) is 10.5. The molecule has 2 aromatic heterocycles. The molecule has 3 N–H and O–H groups in total. The van der Waals surface area contributed by atoms with Crippen molar-refractivity contribution in [2.24, 2.45) is 5.73 Å². The lowest BCUT2D eigenvalue weighted by atomic mass is 10.1. The fraction of sp³-hybridized carbons (Fsp3) is 0.0667. The third kappa shape index (κ3) is 2.95. The minimum atomic E-state index is 0.257. The van der Waals surface area contributed by atoms with E-state index in [1.54, 1.807) is 18.5 Å². The van der Waals surface area contributed by atoms with Crippen molar-refractivity contribution >= 4 is 34.1 Å². The zero-order chi connectivity index (χ0) is 14.7. The lowest BCUT2D eigenvalue weighted by molar-refractivity contribution is 1.05. The van der Waals surface area contributed by atoms with Crippen molar-refractivity contribution in [2.45, 2.75) is 6.54 Å². The van der Waals surface area contributed by atoms with E-state index in [4.69, 9.17) is 18.0 Å². The molecule has 2 heterocycles. The fourth-order valence-corrected chi connectivity index (χ4v) is 2.18. The van der Waals surface area contributed by atoms with Crippen LogP contribution in [0, 0.1) is 0 Å². The van der Waals surface area contributed by atoms with Crippen LogP contribution >= 0.6 is 12.2 Å². The molecule has 0 radical (unpaired) electrons. The summed E-state index contributed by atoms with van der Waals surface area (Å²) >= 11 is 4.91. The molecule has 0 fully saturated rings. The molecular formula is C15H13N5S. The van der Waals surface area contributed by atoms with Crippen LogP contribution in [-0.4, -0.2) is 19.9 Å². The minimum Gasteiger partial charge on any atom is -0.388 e. The average molecular weight is 295 g/mol. The number of hydrogen-bond donors (Lipinski definition) is 2. The van der Waals surface area contributed by atoms with Crippen LogP contribution < -0.4 is 11.1 Å². The molecule has 6 heteroatoms. The minimum absolute atomic E-state index is 0.257. The Morgan fingerprint density at radius 3 is 2.81 bits per heavy atom. The number of nitrogens with zero attached hydrogens (tertiary/aromatic N) is 3. The Morgan fingerprint density at radius 1 is 1.10 bits per heavy atom. The first-order chi connectivity index (χ1) is 10.2. The van der Waals surface area contributed by atoms with Gasteiger partial charge in [-0.1, -0.05) is 36.5 Å². The lowest BCUT2D eigenvalue weighted by Gasteiger charge is -2.08. The number of thiocarbonyl (C=S) groups is 1. The van der Waals surface area contributed by atoms with Crippen LogP contribution in [0.2, 0.25) is 0 Å². The summed E-state index contributed by atoms with van der Waals surface area (Å²) in [6, 6.07) is 11.7. The standard InChI is InChI=1S/C15H13N5S/c16-14(21)12-6-8-18-15(20-12)19-9-11-4-1-3-10-5-2-7-17-13(10)11/h1-8H,9H2,(H2,16,21)(H,18,19,20). The smallest absolute Gasteiger partial charge is 0.223 e. The van der Waals surface area contributed by atoms with Crippen molar-refractivity contribution in [3.05, 3.63) is 60.0 Å². The van der Waals surface area contributed by atoms with E-state index in [0.29, 0.717) is 18.2 Å². The molecule has 0 spiro atoms. The molecule has 104 valence electrons. The number of nitrogens with one attached hydrogen (secondary N) is 1. The van der Waals surface area contributed by atoms with Gasteiger partial charge in [0.2, 0.25) is 5.95 Å². The highest BCUT2D eigenvalue weighted by molar-refractivity contribution is 7.80. The molecule has 3 rings (SSSR count). The Labute approximate surface area is 127 Å². The van der Waals surface area contributed by atoms with Gasteiger partial charge in [-0.05, 0) is 17.7 Å². The summed E-state index contributed by atoms with van der Waals surface area (Å²) in [5.74, 6) is 0.494. The molecule has 0 saturated heterocycles. The van der Waals surface area contributed by atoms with Crippen LogP contribution in [0.5, 0.6) is 0 Å². The molecule has 0 aliphatic carbocycles. The van der Waals surface area contributed by atoms with Gasteiger partial charge in [0.15, 0.2) is 0 Å². The predicted molar refractivity (Wildman–Crippen MR) is 87.0 cm³/mol. The summed E-state index contributed by atoms with van der Waals surface area (Å²) < 4.78 is 0. The number of hydrogen-bond acceptors (Lipinski definition) is 5. The zero-order valence-corrected chi connectivity index (χ0v) is 12.0. The Kier molecular flexibility index (Phi) is 3.70. The molecule has 21 heavy (non-hydrogen) atoms. The number of nitrogens with two attached hydrogens (primary N) is 1. The van der Waals surface area contributed by atoms with Crippen LogP contribution in [0.25, 0.3) is 10.9 Å². The summed E-state index contributed by atoms with van der Waals surface area (Å²) in [5, 5.41) is 4.28. The molecule has 1 aromatic carbocycles. The van der Waals surface area contributed by atoms with Gasteiger partial charge >= 0.3 is 0 Å². The number of para-hydroxylation sites is 1. The molecule has 0 atom stereocenters. The van der Waals surface area contributed by atoms with Gasteiger partial charge < -0.3 is 11.1 Å². The van der Waals surface area contributed by atoms with Gasteiger partial charge in [0, 0.05) is 24.3 Å². The van der Waals surface area contributed by atoms with Crippen molar-refractivity contribution in [2.75, 3.05) is 5.32 Å². The monoisotopic (exact) mass is 295 g/mol. The number of fused-ring (bicyclic) bond motifs is 1. The van der Waals surface area contributed by atoms with E-state index in [9.17, 15) is 0 Å². The molecule has 0 amide bonds. The van der Waals surface area contributed by atoms with E-state index in [1.165, 1.54) is 0 Å². The van der Waals surface area contributed by atoms with E-state index in [0.717, 1.165) is 16.5 Å². The summed E-state index contributed by atoms with van der Waals surface area (Å²) in [5.41, 5.74) is 8.17. The third-order valence-corrected chi connectivity index (χ3v) is 3.27. The first kappa shape index (κ1) is 13.4. The number of benzene rings is 1. The van der Waals surface area contributed by atoms with Crippen LogP contribution in [0.4, 0.5) is 5.95 Å². The van der Waals surface area contributed by atoms with E-state index in [2.05, 4.69) is 20.3 Å². The Balaban J connectivity index is 1.84. The fourth-order valence-electron chi connectivity index (χ4n) is 2.07. The summed E-state index contributed by atoms with van der Waals surface area (Å²) in [6.07, 6.45) is 3.42. The van der Waals surface area contributed by atoms with Gasteiger partial charge in [0.05, 0.1) is 5.52 Å². The average Bonchev–Trinajstić information content (AvgIpc) is 2.53. The van der Waals surface area contributed by atoms with E-state index in [-0.39, 0.29) is 4.99 Å². The summed E-state index contributed by atoms with van der Waals surface area (Å²) in [7, 11) is 0. The third-order valence-electron chi connectivity index (χ3n) is 3.06. The first-order valence-electron chi connectivity index (χ1n) is 6.43. The Morgan fingerprint density at radius 2 is 1.95 bits per heavy atom. The lowest BCUT2D eigenvalue weighted by Crippen LogP contribution is -2.13. The van der Waals surface area contributed by atoms with Gasteiger partial charge in [-0.25, -0.2) is 9.97 Å². The largest absolute Gasteiger partial charge is 0.388 e. The van der Waals surface area contributed by atoms with Gasteiger partial charge in [0.25, 0.3) is 0 Å². The second-order valence-electron chi connectivity index (χ2n) is 4.48. The second-order valence-corrected chi connectivity index (χ2v) is 4.92. The number of pyridine rings is 1. The Hall–Kier alpha value is -2.60. The molecule has 3 aromatic rings. The maximum absolute atomic E-state index is 5.57. The van der Waals surface area contributed by atoms with Crippen molar-refractivity contribution in [1.29, 1.82) is 0 Å². The maximum Gasteiger partial charge on any atom is 0.223 e. The number of rotatable bonds is 4. The van der Waals surface area contributed by atoms with Gasteiger partial charge in [-0.3, -0.25) is 4.98 Å². The summed E-state index contributed by atoms with van der Waals surface area (Å²) in [4.78, 5) is 13.1. The highest BCUT2D eigenvalue weighted by atomic mass is 32.1. The SMILES string of the molecule is NC(=S)c1ccnc(NCc2cccc3cccnc23)n1. The van der Waals surface area contributed by atoms with Gasteiger partial charge in [-0.15, -0.1) is 0 Å². The summed E-state index contributed by atoms with van der Waals surface area (Å²) in [6.45, 7) is 0.579.